The van der Waals surface area contributed by atoms with Crippen LogP contribution in [0.2, 0.25) is 10.0 Å². The molecule has 0 aliphatic rings. The zero-order valence-electron chi connectivity index (χ0n) is 11.1. The topological polar surface area (TPSA) is 43.4 Å². The molecule has 104 valence electrons. The second-order valence-electron chi connectivity index (χ2n) is 4.65. The number of halogens is 2. The van der Waals surface area contributed by atoms with Crippen molar-refractivity contribution in [3.05, 3.63) is 33.8 Å². The molecule has 0 radical (unpaired) electrons. The molecule has 0 atom stereocenters. The first kappa shape index (κ1) is 16.0. The summed E-state index contributed by atoms with van der Waals surface area (Å²) in [5, 5.41) is 0.834. The fraction of sp³-hybridized carbons (Fsp3) is 0.429. The summed E-state index contributed by atoms with van der Waals surface area (Å²) in [6.07, 6.45) is 0.00429. The summed E-state index contributed by atoms with van der Waals surface area (Å²) in [4.78, 5) is 24.0. The first-order valence-electron chi connectivity index (χ1n) is 5.94. The lowest BCUT2D eigenvalue weighted by molar-refractivity contribution is -0.157. The van der Waals surface area contributed by atoms with E-state index in [1.54, 1.807) is 25.1 Å². The molecule has 19 heavy (non-hydrogen) atoms. The number of carbonyl (C=O) groups is 2. The van der Waals surface area contributed by atoms with Crippen molar-refractivity contribution in [2.45, 2.75) is 27.2 Å². The lowest BCUT2D eigenvalue weighted by atomic mass is 9.85. The average Bonchev–Trinajstić information content (AvgIpc) is 2.34. The molecule has 0 saturated carbocycles. The maximum Gasteiger partial charge on any atom is 0.319 e. The van der Waals surface area contributed by atoms with Crippen molar-refractivity contribution in [3.63, 3.8) is 0 Å². The van der Waals surface area contributed by atoms with Gasteiger partial charge in [-0.2, -0.15) is 0 Å². The Kier molecular flexibility index (Phi) is 5.39. The third kappa shape index (κ3) is 3.71. The van der Waals surface area contributed by atoms with E-state index in [1.807, 2.05) is 0 Å². The number of rotatable bonds is 5. The van der Waals surface area contributed by atoms with E-state index in [4.69, 9.17) is 27.9 Å². The second-order valence-corrected chi connectivity index (χ2v) is 5.46. The van der Waals surface area contributed by atoms with E-state index in [2.05, 4.69) is 0 Å². The van der Waals surface area contributed by atoms with Gasteiger partial charge >= 0.3 is 5.97 Å². The van der Waals surface area contributed by atoms with Gasteiger partial charge in [-0.05, 0) is 38.5 Å². The molecule has 0 heterocycles. The van der Waals surface area contributed by atoms with Crippen LogP contribution in [0.5, 0.6) is 0 Å². The van der Waals surface area contributed by atoms with Gasteiger partial charge < -0.3 is 4.74 Å². The molecule has 3 nitrogen and oxygen atoms in total. The van der Waals surface area contributed by atoms with E-state index < -0.39 is 11.4 Å². The zero-order valence-corrected chi connectivity index (χ0v) is 12.6. The Morgan fingerprint density at radius 3 is 2.21 bits per heavy atom. The lowest BCUT2D eigenvalue weighted by Gasteiger charge is -2.21. The molecule has 0 spiro atoms. The highest BCUT2D eigenvalue weighted by Crippen LogP contribution is 2.28. The van der Waals surface area contributed by atoms with Crippen LogP contribution in [0.15, 0.2) is 18.2 Å². The molecule has 1 rings (SSSR count). The van der Waals surface area contributed by atoms with Gasteiger partial charge in [0, 0.05) is 16.5 Å². The van der Waals surface area contributed by atoms with Crippen molar-refractivity contribution in [3.8, 4) is 0 Å². The number of hydrogen-bond donors (Lipinski definition) is 0. The number of Topliss-reactive ketones (excluding diaryl/α,β-unsaturated/α-hetero) is 1. The van der Waals surface area contributed by atoms with Gasteiger partial charge in [0.1, 0.15) is 5.41 Å². The van der Waals surface area contributed by atoms with Crippen LogP contribution in [-0.4, -0.2) is 18.4 Å². The highest BCUT2D eigenvalue weighted by Gasteiger charge is 2.37. The van der Waals surface area contributed by atoms with Gasteiger partial charge in [-0.1, -0.05) is 29.3 Å². The van der Waals surface area contributed by atoms with E-state index in [1.165, 1.54) is 13.8 Å². The molecule has 0 fully saturated rings. The van der Waals surface area contributed by atoms with Crippen LogP contribution in [0.1, 0.15) is 26.3 Å². The molecule has 0 saturated heterocycles. The van der Waals surface area contributed by atoms with Crippen LogP contribution in [0.3, 0.4) is 0 Å². The molecule has 0 amide bonds. The van der Waals surface area contributed by atoms with Gasteiger partial charge in [0.25, 0.3) is 0 Å². The summed E-state index contributed by atoms with van der Waals surface area (Å²) in [6.45, 7) is 5.02. The van der Waals surface area contributed by atoms with Crippen molar-refractivity contribution < 1.29 is 14.3 Å². The maximum atomic E-state index is 12.2. The minimum absolute atomic E-state index is 0.00429. The Labute approximate surface area is 122 Å². The molecular formula is C14H16Cl2O3. The van der Waals surface area contributed by atoms with Crippen LogP contribution >= 0.6 is 23.2 Å². The van der Waals surface area contributed by atoms with Gasteiger partial charge in [0.15, 0.2) is 5.78 Å². The molecule has 0 aliphatic heterocycles. The minimum Gasteiger partial charge on any atom is -0.465 e. The monoisotopic (exact) mass is 302 g/mol. The molecule has 0 unspecified atom stereocenters. The summed E-state index contributed by atoms with van der Waals surface area (Å²) in [5.41, 5.74) is -0.674. The van der Waals surface area contributed by atoms with Gasteiger partial charge in [0.05, 0.1) is 6.61 Å². The Morgan fingerprint density at radius 2 is 1.74 bits per heavy atom. The van der Waals surface area contributed by atoms with E-state index in [-0.39, 0.29) is 18.8 Å². The van der Waals surface area contributed by atoms with Crippen LogP contribution in [0, 0.1) is 5.41 Å². The normalized spacial score (nSPS) is 11.2. The Morgan fingerprint density at radius 1 is 1.21 bits per heavy atom. The highest BCUT2D eigenvalue weighted by molar-refractivity contribution is 6.36. The molecule has 0 aromatic heterocycles. The highest BCUT2D eigenvalue weighted by atomic mass is 35.5. The summed E-state index contributed by atoms with van der Waals surface area (Å²) in [7, 11) is 0. The fourth-order valence-electron chi connectivity index (χ4n) is 1.51. The Bertz CT molecular complexity index is 475. The molecule has 1 aromatic carbocycles. The van der Waals surface area contributed by atoms with Crippen LogP contribution in [0.25, 0.3) is 0 Å². The predicted molar refractivity (Wildman–Crippen MR) is 75.6 cm³/mol. The summed E-state index contributed by atoms with van der Waals surface area (Å²) in [5.74, 6) is -0.816. The van der Waals surface area contributed by atoms with E-state index in [9.17, 15) is 9.59 Å². The average molecular weight is 303 g/mol. The van der Waals surface area contributed by atoms with Crippen molar-refractivity contribution in [1.29, 1.82) is 0 Å². The van der Waals surface area contributed by atoms with Crippen molar-refractivity contribution in [2.75, 3.05) is 6.61 Å². The second kappa shape index (κ2) is 6.40. The van der Waals surface area contributed by atoms with Crippen molar-refractivity contribution >= 4 is 35.0 Å². The third-order valence-electron chi connectivity index (χ3n) is 2.88. The number of ether oxygens (including phenoxy) is 1. The smallest absolute Gasteiger partial charge is 0.319 e. The summed E-state index contributed by atoms with van der Waals surface area (Å²) in [6, 6.07) is 5.02. The number of ketones is 1. The van der Waals surface area contributed by atoms with Crippen molar-refractivity contribution in [1.82, 2.24) is 0 Å². The Hall–Kier alpha value is -1.06. The van der Waals surface area contributed by atoms with Gasteiger partial charge in [-0.15, -0.1) is 0 Å². The van der Waals surface area contributed by atoms with Gasteiger partial charge in [-0.3, -0.25) is 9.59 Å². The van der Waals surface area contributed by atoms with Crippen molar-refractivity contribution in [2.24, 2.45) is 5.41 Å². The molecule has 0 bridgehead atoms. The van der Waals surface area contributed by atoms with Crippen LogP contribution in [0.4, 0.5) is 0 Å². The standard InChI is InChI=1S/C14H16Cl2O3/c1-4-19-13(18)14(2,3)12(17)8-9-10(15)6-5-7-11(9)16/h5-7H,4,8H2,1-3H3. The van der Waals surface area contributed by atoms with E-state index in [0.29, 0.717) is 15.6 Å². The molecule has 1 aromatic rings. The molecule has 0 aliphatic carbocycles. The first-order chi connectivity index (χ1) is 8.80. The number of benzene rings is 1. The first-order valence-corrected chi connectivity index (χ1v) is 6.69. The number of esters is 1. The largest absolute Gasteiger partial charge is 0.465 e. The summed E-state index contributed by atoms with van der Waals surface area (Å²) < 4.78 is 4.90. The predicted octanol–water partition coefficient (Wildman–Crippen LogP) is 3.69. The third-order valence-corrected chi connectivity index (χ3v) is 3.59. The van der Waals surface area contributed by atoms with Gasteiger partial charge in [0.2, 0.25) is 0 Å². The Balaban J connectivity index is 2.93. The van der Waals surface area contributed by atoms with E-state index >= 15 is 0 Å². The van der Waals surface area contributed by atoms with Crippen LogP contribution < -0.4 is 0 Å². The minimum atomic E-state index is -1.21. The zero-order chi connectivity index (χ0) is 14.6. The quantitative estimate of drug-likeness (QED) is 0.615. The SMILES string of the molecule is CCOC(=O)C(C)(C)C(=O)Cc1c(Cl)cccc1Cl. The molecule has 0 N–H and O–H groups in total. The van der Waals surface area contributed by atoms with E-state index in [0.717, 1.165) is 0 Å². The van der Waals surface area contributed by atoms with Gasteiger partial charge in [-0.25, -0.2) is 0 Å². The summed E-state index contributed by atoms with van der Waals surface area (Å²) >= 11 is 12.0. The van der Waals surface area contributed by atoms with Crippen LogP contribution in [-0.2, 0) is 20.7 Å². The lowest BCUT2D eigenvalue weighted by Crippen LogP contribution is -2.36. The number of hydrogen-bond acceptors (Lipinski definition) is 3. The number of carbonyl (C=O) groups excluding carboxylic acids is 2. The maximum absolute atomic E-state index is 12.2. The fourth-order valence-corrected chi connectivity index (χ4v) is 2.04. The molecule has 5 heteroatoms. The molecular weight excluding hydrogens is 287 g/mol.